The van der Waals surface area contributed by atoms with Crippen LogP contribution in [0.5, 0.6) is 0 Å². The highest BCUT2D eigenvalue weighted by molar-refractivity contribution is 5.33. The number of aliphatic hydroxyl groups excluding tert-OH is 1. The van der Waals surface area contributed by atoms with Gasteiger partial charge in [0.2, 0.25) is 0 Å². The molecule has 0 spiro atoms. The average molecular weight is 238 g/mol. The number of likely N-dealkylation sites (N-methyl/N-ethyl adjacent to an activating group) is 1. The SMILES string of the molecule is C=C(/C=C(N)\C(=C/N)CO)N1CCN(C)CC1. The van der Waals surface area contributed by atoms with E-state index in [0.29, 0.717) is 11.3 Å². The number of hydrogen-bond donors (Lipinski definition) is 3. The molecule has 0 aliphatic carbocycles. The smallest absolute Gasteiger partial charge is 0.0716 e. The number of rotatable bonds is 4. The molecule has 0 atom stereocenters. The molecule has 0 saturated carbocycles. The molecule has 1 aliphatic rings. The fourth-order valence-corrected chi connectivity index (χ4v) is 1.70. The van der Waals surface area contributed by atoms with E-state index in [1.54, 1.807) is 6.08 Å². The second kappa shape index (κ2) is 6.32. The highest BCUT2D eigenvalue weighted by Crippen LogP contribution is 2.11. The van der Waals surface area contributed by atoms with Crippen molar-refractivity contribution in [1.29, 1.82) is 0 Å². The molecular formula is C12H22N4O. The van der Waals surface area contributed by atoms with Crippen LogP contribution in [0.2, 0.25) is 0 Å². The molecule has 0 aromatic heterocycles. The standard InChI is InChI=1S/C12H22N4O/c1-10(7-12(14)11(8-13)9-17)16-5-3-15(2)4-6-16/h7-8,17H,1,3-6,9,13-14H2,2H3/b11-8-,12-7+. The van der Waals surface area contributed by atoms with Crippen molar-refractivity contribution in [1.82, 2.24) is 9.80 Å². The van der Waals surface area contributed by atoms with Gasteiger partial charge in [-0.25, -0.2) is 0 Å². The molecule has 1 saturated heterocycles. The summed E-state index contributed by atoms with van der Waals surface area (Å²) >= 11 is 0. The first kappa shape index (κ1) is 13.6. The lowest BCUT2D eigenvalue weighted by Gasteiger charge is -2.34. The molecule has 5 N–H and O–H groups in total. The van der Waals surface area contributed by atoms with E-state index in [-0.39, 0.29) is 6.61 Å². The quantitative estimate of drug-likeness (QED) is 0.571. The van der Waals surface area contributed by atoms with Gasteiger partial charge in [-0.3, -0.25) is 0 Å². The molecule has 0 aromatic rings. The first-order valence-electron chi connectivity index (χ1n) is 5.70. The van der Waals surface area contributed by atoms with Crippen LogP contribution in [-0.2, 0) is 0 Å². The van der Waals surface area contributed by atoms with Gasteiger partial charge in [0.25, 0.3) is 0 Å². The van der Waals surface area contributed by atoms with Gasteiger partial charge in [0.15, 0.2) is 0 Å². The van der Waals surface area contributed by atoms with Crippen molar-refractivity contribution in [3.63, 3.8) is 0 Å². The molecule has 0 radical (unpaired) electrons. The van der Waals surface area contributed by atoms with Gasteiger partial charge in [0.05, 0.1) is 6.61 Å². The van der Waals surface area contributed by atoms with Crippen molar-refractivity contribution in [3.8, 4) is 0 Å². The Labute approximate surface area is 103 Å². The zero-order valence-corrected chi connectivity index (χ0v) is 10.4. The Morgan fingerprint density at radius 2 is 1.94 bits per heavy atom. The van der Waals surface area contributed by atoms with Crippen LogP contribution in [0.25, 0.3) is 0 Å². The van der Waals surface area contributed by atoms with E-state index in [4.69, 9.17) is 16.6 Å². The Morgan fingerprint density at radius 1 is 1.35 bits per heavy atom. The summed E-state index contributed by atoms with van der Waals surface area (Å²) in [4.78, 5) is 4.45. The van der Waals surface area contributed by atoms with Crippen molar-refractivity contribution in [2.75, 3.05) is 39.8 Å². The van der Waals surface area contributed by atoms with Crippen molar-refractivity contribution in [2.45, 2.75) is 0 Å². The molecule has 1 heterocycles. The van der Waals surface area contributed by atoms with Gasteiger partial charge >= 0.3 is 0 Å². The van der Waals surface area contributed by atoms with Crippen LogP contribution < -0.4 is 11.5 Å². The van der Waals surface area contributed by atoms with E-state index in [9.17, 15) is 0 Å². The van der Waals surface area contributed by atoms with E-state index >= 15 is 0 Å². The van der Waals surface area contributed by atoms with E-state index in [0.717, 1.165) is 31.9 Å². The van der Waals surface area contributed by atoms with Crippen LogP contribution in [0.15, 0.2) is 35.8 Å². The summed E-state index contributed by atoms with van der Waals surface area (Å²) in [6.45, 7) is 7.77. The van der Waals surface area contributed by atoms with Gasteiger partial charge in [-0.05, 0) is 13.1 Å². The second-order valence-electron chi connectivity index (χ2n) is 4.23. The maximum atomic E-state index is 9.04. The van der Waals surface area contributed by atoms with Gasteiger partial charge < -0.3 is 26.4 Å². The van der Waals surface area contributed by atoms with Crippen LogP contribution in [0.4, 0.5) is 0 Å². The summed E-state index contributed by atoms with van der Waals surface area (Å²) < 4.78 is 0. The molecule has 0 amide bonds. The number of allylic oxidation sites excluding steroid dienone is 1. The number of aliphatic hydroxyl groups is 1. The third-order valence-electron chi connectivity index (χ3n) is 2.97. The van der Waals surface area contributed by atoms with E-state index in [1.165, 1.54) is 6.20 Å². The molecule has 0 aromatic carbocycles. The Balaban J connectivity index is 2.62. The number of hydrogen-bond acceptors (Lipinski definition) is 5. The number of nitrogens with two attached hydrogens (primary N) is 2. The Morgan fingerprint density at radius 3 is 2.41 bits per heavy atom. The average Bonchev–Trinajstić information content (AvgIpc) is 2.31. The minimum absolute atomic E-state index is 0.158. The Hall–Kier alpha value is -1.46. The van der Waals surface area contributed by atoms with Crippen molar-refractivity contribution < 1.29 is 5.11 Å². The lowest BCUT2D eigenvalue weighted by Crippen LogP contribution is -2.43. The molecule has 17 heavy (non-hydrogen) atoms. The summed E-state index contributed by atoms with van der Waals surface area (Å²) in [5.41, 5.74) is 13.1. The molecule has 5 nitrogen and oxygen atoms in total. The molecule has 0 unspecified atom stereocenters. The largest absolute Gasteiger partial charge is 0.404 e. The van der Waals surface area contributed by atoms with Crippen molar-refractivity contribution in [3.05, 3.63) is 35.8 Å². The van der Waals surface area contributed by atoms with Gasteiger partial charge in [-0.15, -0.1) is 0 Å². The second-order valence-corrected chi connectivity index (χ2v) is 4.23. The summed E-state index contributed by atoms with van der Waals surface area (Å²) in [5, 5.41) is 9.04. The van der Waals surface area contributed by atoms with Gasteiger partial charge in [0.1, 0.15) is 0 Å². The zero-order valence-electron chi connectivity index (χ0n) is 10.4. The van der Waals surface area contributed by atoms with E-state index in [1.807, 2.05) is 0 Å². The van der Waals surface area contributed by atoms with Crippen molar-refractivity contribution in [2.24, 2.45) is 11.5 Å². The Bertz CT molecular complexity index is 327. The minimum atomic E-state index is -0.158. The number of piperazine rings is 1. The highest BCUT2D eigenvalue weighted by Gasteiger charge is 2.14. The molecule has 0 bridgehead atoms. The number of nitrogens with zero attached hydrogens (tertiary/aromatic N) is 2. The normalized spacial score (nSPS) is 19.5. The van der Waals surface area contributed by atoms with Crippen LogP contribution >= 0.6 is 0 Å². The van der Waals surface area contributed by atoms with E-state index in [2.05, 4.69) is 23.4 Å². The highest BCUT2D eigenvalue weighted by atomic mass is 16.3. The van der Waals surface area contributed by atoms with Gasteiger partial charge in [0, 0.05) is 49.3 Å². The maximum Gasteiger partial charge on any atom is 0.0716 e. The maximum absolute atomic E-state index is 9.04. The zero-order chi connectivity index (χ0) is 12.8. The fraction of sp³-hybridized carbons (Fsp3) is 0.500. The molecule has 5 heteroatoms. The van der Waals surface area contributed by atoms with Crippen molar-refractivity contribution >= 4 is 0 Å². The Kier molecular flexibility index (Phi) is 5.06. The topological polar surface area (TPSA) is 78.7 Å². The minimum Gasteiger partial charge on any atom is -0.404 e. The monoisotopic (exact) mass is 238 g/mol. The predicted octanol–water partition coefficient (Wildman–Crippen LogP) is -0.575. The molecular weight excluding hydrogens is 216 g/mol. The third kappa shape index (κ3) is 3.80. The van der Waals surface area contributed by atoms with Crippen LogP contribution in [0.1, 0.15) is 0 Å². The first-order valence-corrected chi connectivity index (χ1v) is 5.70. The summed E-state index contributed by atoms with van der Waals surface area (Å²) in [6.07, 6.45) is 3.09. The van der Waals surface area contributed by atoms with Crippen LogP contribution in [0, 0.1) is 0 Å². The molecule has 96 valence electrons. The molecule has 1 rings (SSSR count). The van der Waals surface area contributed by atoms with Gasteiger partial charge in [-0.1, -0.05) is 6.58 Å². The molecule has 1 fully saturated rings. The predicted molar refractivity (Wildman–Crippen MR) is 69.8 cm³/mol. The summed E-state index contributed by atoms with van der Waals surface area (Å²) in [6, 6.07) is 0. The lowest BCUT2D eigenvalue weighted by molar-refractivity contribution is 0.190. The fourth-order valence-electron chi connectivity index (χ4n) is 1.70. The molecule has 1 aliphatic heterocycles. The van der Waals surface area contributed by atoms with E-state index < -0.39 is 0 Å². The summed E-state index contributed by atoms with van der Waals surface area (Å²) in [5.74, 6) is 0. The lowest BCUT2D eigenvalue weighted by atomic mass is 10.2. The summed E-state index contributed by atoms with van der Waals surface area (Å²) in [7, 11) is 2.10. The van der Waals surface area contributed by atoms with Crippen LogP contribution in [0.3, 0.4) is 0 Å². The van der Waals surface area contributed by atoms with Gasteiger partial charge in [-0.2, -0.15) is 0 Å². The third-order valence-corrected chi connectivity index (χ3v) is 2.97. The first-order chi connectivity index (χ1) is 8.08. The van der Waals surface area contributed by atoms with Crippen LogP contribution in [-0.4, -0.2) is 54.7 Å².